The van der Waals surface area contributed by atoms with Gasteiger partial charge in [0.1, 0.15) is 11.7 Å². The van der Waals surface area contributed by atoms with Crippen molar-refractivity contribution >= 4 is 62.1 Å². The standard InChI is InChI=1S/C34H25N7O3.C33H30N6O4/c1-22(27-21-38-40-19-9-18-36-32(27)40)39-23(2)28-20-25-11-7-10-24(31(25)34(43)41(28)26-13-5-4-6-14-26)12-8-17-37-33(42)29-15-16-30(35-3)44-29;1-21(36-32(41)28-22(2)37-38-18-9-17-34-30(28)38)26-20-24-11-6-10-23(12-7-16-35-31(40)27-15-8-19-43-27)29(24)33(42)39(26)25-13-4-3-5-14-25/h4-7,9-11,13-16,18-21,23,39H,1,17H2,2H3,(H,37,42);3-6,9-11,13-14,17-18,20-21,27H,8,15-16,19H2,1-2H3,(H,35,40)(H,36,41)/t23-;21-,27-/m00/s1. The summed E-state index contributed by atoms with van der Waals surface area (Å²) < 4.78 is 17.1. The number of carbonyl (C=O) groups is 3. The highest BCUT2D eigenvalue weighted by atomic mass is 16.5. The lowest BCUT2D eigenvalue weighted by Crippen LogP contribution is -2.34. The molecule has 11 aromatic rings. The van der Waals surface area contributed by atoms with Gasteiger partial charge in [-0.15, -0.1) is 0 Å². The van der Waals surface area contributed by atoms with Crippen LogP contribution in [0.4, 0.5) is 5.88 Å². The van der Waals surface area contributed by atoms with Crippen LogP contribution in [0.3, 0.4) is 0 Å². The van der Waals surface area contributed by atoms with Gasteiger partial charge < -0.3 is 30.4 Å². The summed E-state index contributed by atoms with van der Waals surface area (Å²) in [5.41, 5.74) is 6.75. The van der Waals surface area contributed by atoms with Gasteiger partial charge >= 0.3 is 5.88 Å². The molecule has 20 nitrogen and oxygen atoms in total. The quantitative estimate of drug-likeness (QED) is 0.0627. The Labute approximate surface area is 498 Å². The van der Waals surface area contributed by atoms with Crippen LogP contribution in [0.2, 0.25) is 0 Å². The number of carbonyl (C=O) groups excluding carboxylic acids is 3. The van der Waals surface area contributed by atoms with Crippen molar-refractivity contribution in [2.45, 2.75) is 51.8 Å². The summed E-state index contributed by atoms with van der Waals surface area (Å²) in [4.78, 5) is 78.5. The molecule has 8 heterocycles. The van der Waals surface area contributed by atoms with E-state index in [0.717, 1.165) is 23.1 Å². The van der Waals surface area contributed by atoms with Gasteiger partial charge in [-0.2, -0.15) is 15.0 Å². The monoisotopic (exact) mass is 1150 g/mol. The fraction of sp³-hybridized carbons (Fsp3) is 0.164. The Bertz CT molecular complexity index is 4770. The number of pyridine rings is 2. The molecule has 0 spiro atoms. The third-order valence-corrected chi connectivity index (χ3v) is 14.5. The van der Waals surface area contributed by atoms with Crippen molar-refractivity contribution in [2.75, 3.05) is 19.7 Å². The lowest BCUT2D eigenvalue weighted by molar-refractivity contribution is -0.129. The zero-order valence-electron chi connectivity index (χ0n) is 47.4. The smallest absolute Gasteiger partial charge is 0.346 e. The molecule has 1 aliphatic heterocycles. The molecule has 0 unspecified atom stereocenters. The van der Waals surface area contributed by atoms with Gasteiger partial charge in [-0.25, -0.2) is 19.0 Å². The van der Waals surface area contributed by atoms with Gasteiger partial charge in [0.05, 0.1) is 60.0 Å². The molecular weight excluding hydrogens is 1100 g/mol. The lowest BCUT2D eigenvalue weighted by atomic mass is 10.0. The SMILES string of the molecule is Cc1nn2cccnc2c1C(=O)N[C@@H](C)c1cc2cccc(C#CCNC(=O)[C@@H]3CCCO3)c2c(=O)n1-c1ccccc1.[C-]#[N+]c1ccc(C(=O)NCC#Cc2cccc3cc([C@H](C)NC(=C)c4cnn5cccnc45)n(-c4ccccc4)c(=O)c23)o1. The molecule has 87 heavy (non-hydrogen) atoms. The Morgan fingerprint density at radius 3 is 1.89 bits per heavy atom. The van der Waals surface area contributed by atoms with Crippen molar-refractivity contribution in [2.24, 2.45) is 0 Å². The molecule has 0 bridgehead atoms. The summed E-state index contributed by atoms with van der Waals surface area (Å²) in [6.07, 6.45) is 9.74. The Hall–Kier alpha value is -11.7. The third kappa shape index (κ3) is 12.1. The van der Waals surface area contributed by atoms with Gasteiger partial charge in [0.2, 0.25) is 5.91 Å². The maximum absolute atomic E-state index is 14.2. The van der Waals surface area contributed by atoms with E-state index in [4.69, 9.17) is 15.7 Å². The van der Waals surface area contributed by atoms with Crippen LogP contribution < -0.4 is 32.4 Å². The Balaban J connectivity index is 0.000000180. The molecule has 3 amide bonds. The Morgan fingerprint density at radius 1 is 0.713 bits per heavy atom. The van der Waals surface area contributed by atoms with Crippen molar-refractivity contribution in [1.82, 2.24) is 59.6 Å². The third-order valence-electron chi connectivity index (χ3n) is 14.5. The summed E-state index contributed by atoms with van der Waals surface area (Å²) in [7, 11) is 0. The first-order valence-corrected chi connectivity index (χ1v) is 27.8. The molecule has 12 rings (SSSR count). The second-order valence-corrected chi connectivity index (χ2v) is 20.2. The van der Waals surface area contributed by atoms with Crippen LogP contribution in [0.25, 0.3) is 54.8 Å². The van der Waals surface area contributed by atoms with Crippen LogP contribution in [0.1, 0.15) is 93.5 Å². The van der Waals surface area contributed by atoms with Crippen LogP contribution in [0.15, 0.2) is 185 Å². The minimum absolute atomic E-state index is 0.0235. The number of rotatable bonds is 13. The molecule has 4 N–H and O–H groups in total. The summed E-state index contributed by atoms with van der Waals surface area (Å²) >= 11 is 0. The molecule has 0 saturated carbocycles. The van der Waals surface area contributed by atoms with Gasteiger partial charge in [0.25, 0.3) is 22.9 Å². The second-order valence-electron chi connectivity index (χ2n) is 20.2. The predicted octanol–water partition coefficient (Wildman–Crippen LogP) is 8.76. The number of nitrogens with one attached hydrogen (secondary N) is 4. The number of hydrogen-bond acceptors (Lipinski definition) is 12. The van der Waals surface area contributed by atoms with Crippen LogP contribution in [0.5, 0.6) is 0 Å². The fourth-order valence-electron chi connectivity index (χ4n) is 10.4. The molecule has 1 aliphatic rings. The number of benzene rings is 4. The average Bonchev–Trinajstić information content (AvgIpc) is 3.62. The molecule has 1 saturated heterocycles. The number of aryl methyl sites for hydroxylation is 1. The van der Waals surface area contributed by atoms with E-state index in [2.05, 4.69) is 76.5 Å². The summed E-state index contributed by atoms with van der Waals surface area (Å²) in [5.74, 6) is 11.1. The first kappa shape index (κ1) is 57.2. The van der Waals surface area contributed by atoms with Crippen LogP contribution in [-0.2, 0) is 9.53 Å². The van der Waals surface area contributed by atoms with E-state index in [9.17, 15) is 24.0 Å². The largest absolute Gasteiger partial charge is 0.475 e. The molecule has 0 radical (unpaired) electrons. The van der Waals surface area contributed by atoms with Gasteiger partial charge in [0, 0.05) is 71.0 Å². The summed E-state index contributed by atoms with van der Waals surface area (Å²) in [6.45, 7) is 17.5. The first-order chi connectivity index (χ1) is 42.4. The molecule has 430 valence electrons. The molecule has 20 heteroatoms. The lowest BCUT2D eigenvalue weighted by Gasteiger charge is -2.22. The van der Waals surface area contributed by atoms with Crippen LogP contribution >= 0.6 is 0 Å². The Morgan fingerprint density at radius 2 is 1.30 bits per heavy atom. The van der Waals surface area contributed by atoms with Gasteiger partial charge in [0.15, 0.2) is 17.1 Å². The highest BCUT2D eigenvalue weighted by molar-refractivity contribution is 6.01. The fourth-order valence-corrected chi connectivity index (χ4v) is 10.4. The van der Waals surface area contributed by atoms with E-state index in [-0.39, 0.29) is 53.7 Å². The van der Waals surface area contributed by atoms with Gasteiger partial charge in [-0.3, -0.25) is 33.1 Å². The number of ether oxygens (including phenoxy) is 1. The molecule has 7 aromatic heterocycles. The predicted molar refractivity (Wildman–Crippen MR) is 329 cm³/mol. The number of amides is 3. The molecule has 4 aromatic carbocycles. The second kappa shape index (κ2) is 25.5. The van der Waals surface area contributed by atoms with E-state index in [0.29, 0.717) is 85.6 Å². The molecule has 0 aliphatic carbocycles. The zero-order valence-corrected chi connectivity index (χ0v) is 47.4. The Kier molecular flexibility index (Phi) is 16.7. The number of nitrogens with zero attached hydrogens (tertiary/aromatic N) is 9. The maximum atomic E-state index is 14.2. The van der Waals surface area contributed by atoms with E-state index in [1.807, 2.05) is 117 Å². The normalized spacial score (nSPS) is 13.2. The minimum atomic E-state index is -0.550. The number of furan rings is 1. The number of hydrogen-bond donors (Lipinski definition) is 4. The van der Waals surface area contributed by atoms with E-state index >= 15 is 0 Å². The van der Waals surface area contributed by atoms with E-state index in [1.54, 1.807) is 74.1 Å². The topological polar surface area (TPSA) is 230 Å². The number of aromatic nitrogens is 8. The molecule has 3 atom stereocenters. The molecule has 1 fully saturated rings. The summed E-state index contributed by atoms with van der Waals surface area (Å²) in [5, 5.41) is 23.0. The van der Waals surface area contributed by atoms with Crippen molar-refractivity contribution in [3.05, 3.63) is 248 Å². The van der Waals surface area contributed by atoms with E-state index in [1.165, 1.54) is 12.1 Å². The van der Waals surface area contributed by atoms with Gasteiger partial charge in [-0.1, -0.05) is 90.9 Å². The number of fused-ring (bicyclic) bond motifs is 4. The summed E-state index contributed by atoms with van der Waals surface area (Å²) in [6, 6.07) is 39.1. The molecular formula is C67H55N13O7. The van der Waals surface area contributed by atoms with Crippen molar-refractivity contribution in [3.63, 3.8) is 0 Å². The zero-order chi connectivity index (χ0) is 60.6. The highest BCUT2D eigenvalue weighted by Gasteiger charge is 2.26. The highest BCUT2D eigenvalue weighted by Crippen LogP contribution is 2.28. The van der Waals surface area contributed by atoms with Crippen molar-refractivity contribution < 1.29 is 23.5 Å². The van der Waals surface area contributed by atoms with Crippen LogP contribution in [0, 0.1) is 37.2 Å². The van der Waals surface area contributed by atoms with Crippen molar-refractivity contribution in [3.8, 4) is 35.1 Å². The number of para-hydroxylation sites is 2. The van der Waals surface area contributed by atoms with Gasteiger partial charge in [-0.05, 0) is 117 Å². The van der Waals surface area contributed by atoms with E-state index < -0.39 is 18.1 Å². The average molecular weight is 1150 g/mol. The van der Waals surface area contributed by atoms with Crippen molar-refractivity contribution in [1.29, 1.82) is 0 Å². The first-order valence-electron chi connectivity index (χ1n) is 27.8. The van der Waals surface area contributed by atoms with Crippen LogP contribution in [-0.4, -0.2) is 81.9 Å². The maximum Gasteiger partial charge on any atom is 0.346 e. The minimum Gasteiger partial charge on any atom is -0.475 e.